The smallest absolute Gasteiger partial charge is 0.179 e. The first-order valence-electron chi connectivity index (χ1n) is 8.70. The number of nitrogens with zero attached hydrogens (tertiary/aromatic N) is 4. The summed E-state index contributed by atoms with van der Waals surface area (Å²) in [5, 5.41) is 24.9. The first-order valence-corrected chi connectivity index (χ1v) is 8.70. The number of nitrogens with one attached hydrogen (secondary N) is 1. The molecule has 138 valence electrons. The molecule has 1 aromatic carbocycles. The van der Waals surface area contributed by atoms with E-state index in [4.69, 9.17) is 4.74 Å². The van der Waals surface area contributed by atoms with E-state index in [0.717, 1.165) is 29.8 Å². The third-order valence-electron chi connectivity index (χ3n) is 4.66. The molecule has 0 amide bonds. The van der Waals surface area contributed by atoms with Gasteiger partial charge < -0.3 is 15.2 Å². The molecule has 0 saturated carbocycles. The maximum atomic E-state index is 9.62. The van der Waals surface area contributed by atoms with Gasteiger partial charge in [-0.15, -0.1) is 5.10 Å². The van der Waals surface area contributed by atoms with Crippen LogP contribution in [0.5, 0.6) is 5.75 Å². The van der Waals surface area contributed by atoms with Gasteiger partial charge in [0.05, 0.1) is 19.4 Å². The van der Waals surface area contributed by atoms with Crippen molar-refractivity contribution in [3.05, 3.63) is 53.2 Å². The van der Waals surface area contributed by atoms with E-state index in [1.54, 1.807) is 11.6 Å². The van der Waals surface area contributed by atoms with Crippen LogP contribution in [0, 0.1) is 0 Å². The maximum Gasteiger partial charge on any atom is 0.179 e. The second kappa shape index (κ2) is 7.80. The molecule has 0 aliphatic carbocycles. The van der Waals surface area contributed by atoms with Crippen LogP contribution >= 0.6 is 0 Å². The largest absolute Gasteiger partial charge is 0.497 e. The third-order valence-corrected chi connectivity index (χ3v) is 4.66. The summed E-state index contributed by atoms with van der Waals surface area (Å²) in [6, 6.07) is 11.8. The Kier molecular flexibility index (Phi) is 5.49. The van der Waals surface area contributed by atoms with E-state index in [2.05, 4.69) is 46.8 Å². The number of rotatable bonds is 8. The molecule has 3 rings (SSSR count). The Morgan fingerprint density at radius 3 is 2.62 bits per heavy atom. The van der Waals surface area contributed by atoms with Crippen molar-refractivity contribution in [1.29, 1.82) is 0 Å². The van der Waals surface area contributed by atoms with Crippen molar-refractivity contribution in [1.82, 2.24) is 25.4 Å². The number of aliphatic hydroxyl groups is 1. The van der Waals surface area contributed by atoms with E-state index in [0.29, 0.717) is 12.2 Å². The number of aryl methyl sites for hydroxylation is 1. The van der Waals surface area contributed by atoms with Crippen LogP contribution in [0.4, 0.5) is 0 Å². The van der Waals surface area contributed by atoms with E-state index in [-0.39, 0.29) is 12.1 Å². The standard InChI is InChI=1S/C19H25N5O2/c1-19(2,11-10-14-4-7-16(26-3)8-5-14)20-12-17-15(13-25)6-9-18-21-22-23-24(17)18/h4-9,20,25H,10-13H2,1-3H3. The minimum absolute atomic E-state index is 0.0426. The van der Waals surface area contributed by atoms with Gasteiger partial charge in [-0.05, 0) is 60.9 Å². The van der Waals surface area contributed by atoms with Gasteiger partial charge in [-0.25, -0.2) is 0 Å². The Morgan fingerprint density at radius 1 is 1.15 bits per heavy atom. The lowest BCUT2D eigenvalue weighted by molar-refractivity contribution is 0.277. The van der Waals surface area contributed by atoms with Crippen LogP contribution in [-0.4, -0.2) is 37.8 Å². The molecule has 0 bridgehead atoms. The van der Waals surface area contributed by atoms with Gasteiger partial charge in [-0.1, -0.05) is 18.2 Å². The number of methoxy groups -OCH3 is 1. The quantitative estimate of drug-likeness (QED) is 0.644. The molecule has 2 heterocycles. The Labute approximate surface area is 153 Å². The van der Waals surface area contributed by atoms with Gasteiger partial charge in [-0.3, -0.25) is 0 Å². The van der Waals surface area contributed by atoms with Crippen molar-refractivity contribution in [3.8, 4) is 5.75 Å². The van der Waals surface area contributed by atoms with Gasteiger partial charge in [0.1, 0.15) is 5.75 Å². The summed E-state index contributed by atoms with van der Waals surface area (Å²) in [6.45, 7) is 4.89. The average molecular weight is 355 g/mol. The van der Waals surface area contributed by atoms with Crippen molar-refractivity contribution >= 4 is 5.65 Å². The van der Waals surface area contributed by atoms with E-state index < -0.39 is 0 Å². The summed E-state index contributed by atoms with van der Waals surface area (Å²) < 4.78 is 6.88. The lowest BCUT2D eigenvalue weighted by Crippen LogP contribution is -2.39. The number of fused-ring (bicyclic) bond motifs is 1. The molecule has 2 aromatic heterocycles. The van der Waals surface area contributed by atoms with Crippen LogP contribution < -0.4 is 10.1 Å². The highest BCUT2D eigenvalue weighted by Crippen LogP contribution is 2.18. The van der Waals surface area contributed by atoms with E-state index in [1.165, 1.54) is 5.56 Å². The highest BCUT2D eigenvalue weighted by molar-refractivity contribution is 5.40. The summed E-state index contributed by atoms with van der Waals surface area (Å²) in [7, 11) is 1.67. The van der Waals surface area contributed by atoms with Crippen molar-refractivity contribution in [2.24, 2.45) is 0 Å². The lowest BCUT2D eigenvalue weighted by Gasteiger charge is -2.27. The van der Waals surface area contributed by atoms with Crippen LogP contribution in [-0.2, 0) is 19.6 Å². The monoisotopic (exact) mass is 355 g/mol. The van der Waals surface area contributed by atoms with Crippen LogP contribution in [0.3, 0.4) is 0 Å². The molecule has 0 unspecified atom stereocenters. The van der Waals surface area contributed by atoms with E-state index in [1.807, 2.05) is 24.3 Å². The third kappa shape index (κ3) is 4.17. The molecule has 0 spiro atoms. The zero-order valence-electron chi connectivity index (χ0n) is 15.4. The molecule has 0 aliphatic rings. The van der Waals surface area contributed by atoms with Crippen LogP contribution in [0.2, 0.25) is 0 Å². The number of aliphatic hydroxyl groups excluding tert-OH is 1. The second-order valence-corrected chi connectivity index (χ2v) is 7.00. The van der Waals surface area contributed by atoms with E-state index >= 15 is 0 Å². The second-order valence-electron chi connectivity index (χ2n) is 7.00. The van der Waals surface area contributed by atoms with E-state index in [9.17, 15) is 5.11 Å². The van der Waals surface area contributed by atoms with Crippen molar-refractivity contribution in [2.75, 3.05) is 7.11 Å². The fourth-order valence-corrected chi connectivity index (χ4v) is 2.89. The number of hydrogen-bond donors (Lipinski definition) is 2. The molecule has 7 heteroatoms. The number of hydrogen-bond acceptors (Lipinski definition) is 6. The van der Waals surface area contributed by atoms with Crippen LogP contribution in [0.1, 0.15) is 37.1 Å². The lowest BCUT2D eigenvalue weighted by atomic mass is 9.95. The predicted octanol–water partition coefficient (Wildman–Crippen LogP) is 2.13. The number of pyridine rings is 1. The predicted molar refractivity (Wildman–Crippen MR) is 98.9 cm³/mol. The minimum atomic E-state index is -0.0805. The zero-order chi connectivity index (χ0) is 18.6. The summed E-state index contributed by atoms with van der Waals surface area (Å²) in [5.41, 5.74) is 3.58. The Morgan fingerprint density at radius 2 is 1.92 bits per heavy atom. The van der Waals surface area contributed by atoms with Gasteiger partial charge in [0.25, 0.3) is 0 Å². The molecule has 0 fully saturated rings. The van der Waals surface area contributed by atoms with Crippen LogP contribution in [0.15, 0.2) is 36.4 Å². The first kappa shape index (κ1) is 18.3. The van der Waals surface area contributed by atoms with Gasteiger partial charge >= 0.3 is 0 Å². The van der Waals surface area contributed by atoms with Gasteiger partial charge in [0.2, 0.25) is 0 Å². The maximum absolute atomic E-state index is 9.62. The first-order chi connectivity index (χ1) is 12.5. The molecular formula is C19H25N5O2. The number of benzene rings is 1. The highest BCUT2D eigenvalue weighted by atomic mass is 16.5. The number of ether oxygens (including phenoxy) is 1. The number of aromatic nitrogens is 4. The summed E-state index contributed by atoms with van der Waals surface area (Å²) in [5.74, 6) is 0.872. The fraction of sp³-hybridized carbons (Fsp3) is 0.421. The molecule has 2 N–H and O–H groups in total. The zero-order valence-corrected chi connectivity index (χ0v) is 15.4. The molecule has 0 aliphatic heterocycles. The van der Waals surface area contributed by atoms with Crippen molar-refractivity contribution in [3.63, 3.8) is 0 Å². The summed E-state index contributed by atoms with van der Waals surface area (Å²) in [4.78, 5) is 0. The highest BCUT2D eigenvalue weighted by Gasteiger charge is 2.19. The molecule has 7 nitrogen and oxygen atoms in total. The van der Waals surface area contributed by atoms with Gasteiger partial charge in [-0.2, -0.15) is 4.52 Å². The average Bonchev–Trinajstić information content (AvgIpc) is 3.14. The summed E-state index contributed by atoms with van der Waals surface area (Å²) in [6.07, 6.45) is 1.94. The molecule has 0 saturated heterocycles. The molecule has 0 radical (unpaired) electrons. The topological polar surface area (TPSA) is 84.6 Å². The molecule has 0 atom stereocenters. The number of tetrazole rings is 1. The molecule has 3 aromatic rings. The SMILES string of the molecule is COc1ccc(CCC(C)(C)NCc2c(CO)ccc3nnnn23)cc1. The van der Waals surface area contributed by atoms with Crippen LogP contribution in [0.25, 0.3) is 5.65 Å². The van der Waals surface area contributed by atoms with Gasteiger partial charge in [0, 0.05) is 17.6 Å². The Balaban J connectivity index is 1.65. The molecular weight excluding hydrogens is 330 g/mol. The molecule has 26 heavy (non-hydrogen) atoms. The summed E-state index contributed by atoms with van der Waals surface area (Å²) >= 11 is 0. The van der Waals surface area contributed by atoms with Crippen molar-refractivity contribution < 1.29 is 9.84 Å². The normalized spacial score (nSPS) is 11.8. The Hall–Kier alpha value is -2.51. The Bertz CT molecular complexity index is 858. The van der Waals surface area contributed by atoms with Crippen molar-refractivity contribution in [2.45, 2.75) is 45.4 Å². The minimum Gasteiger partial charge on any atom is -0.497 e. The fourth-order valence-electron chi connectivity index (χ4n) is 2.89. The van der Waals surface area contributed by atoms with Gasteiger partial charge in [0.15, 0.2) is 5.65 Å².